The first-order valence-corrected chi connectivity index (χ1v) is 13.6. The lowest BCUT2D eigenvalue weighted by Crippen LogP contribution is -2.47. The van der Waals surface area contributed by atoms with Crippen molar-refractivity contribution >= 4 is 30.6 Å². The van der Waals surface area contributed by atoms with Crippen LogP contribution in [0, 0.1) is 0 Å². The zero-order valence-corrected chi connectivity index (χ0v) is 19.4. The lowest BCUT2D eigenvalue weighted by Gasteiger charge is -2.43. The fraction of sp³-hybridized carbons (Fsp3) is 0.500. The zero-order chi connectivity index (χ0) is 20.7. The van der Waals surface area contributed by atoms with Crippen LogP contribution in [-0.4, -0.2) is 20.8 Å². The molecule has 0 aliphatic heterocycles. The van der Waals surface area contributed by atoms with E-state index in [0.29, 0.717) is 17.2 Å². The Morgan fingerprint density at radius 2 is 1.89 bits per heavy atom. The quantitative estimate of drug-likeness (QED) is 0.682. The van der Waals surface area contributed by atoms with Crippen molar-refractivity contribution in [3.63, 3.8) is 0 Å². The summed E-state index contributed by atoms with van der Waals surface area (Å²) in [7, 11) is -1.88. The number of rotatable bonds is 5. The number of benzene rings is 1. The largest absolute Gasteiger partial charge is 0.416 e. The van der Waals surface area contributed by atoms with Crippen molar-refractivity contribution in [1.29, 1.82) is 0 Å². The van der Waals surface area contributed by atoms with Gasteiger partial charge in [0.05, 0.1) is 10.6 Å². The molecule has 6 heteroatoms. The molecule has 1 aromatic heterocycles. The van der Waals surface area contributed by atoms with Gasteiger partial charge in [-0.2, -0.15) is 0 Å². The van der Waals surface area contributed by atoms with Crippen LogP contribution in [0.4, 0.5) is 5.00 Å². The summed E-state index contributed by atoms with van der Waals surface area (Å²) in [5, 5.41) is 0.712. The highest BCUT2D eigenvalue weighted by atomic mass is 32.1. The zero-order valence-electron chi connectivity index (χ0n) is 17.6. The predicted octanol–water partition coefficient (Wildman–Crippen LogP) is 4.88. The fourth-order valence-corrected chi connectivity index (χ4v) is 6.09. The Morgan fingerprint density at radius 1 is 1.25 bits per heavy atom. The van der Waals surface area contributed by atoms with Crippen LogP contribution in [0.25, 0.3) is 0 Å². The summed E-state index contributed by atoms with van der Waals surface area (Å²) in [5.41, 5.74) is 14.5. The van der Waals surface area contributed by atoms with Gasteiger partial charge in [0.15, 0.2) is 8.32 Å². The van der Waals surface area contributed by atoms with Gasteiger partial charge in [-0.3, -0.25) is 4.79 Å². The highest BCUT2D eigenvalue weighted by Gasteiger charge is 2.43. The van der Waals surface area contributed by atoms with Crippen molar-refractivity contribution in [2.45, 2.75) is 63.6 Å². The third kappa shape index (κ3) is 3.77. The van der Waals surface area contributed by atoms with E-state index in [1.165, 1.54) is 21.8 Å². The molecule has 1 heterocycles. The van der Waals surface area contributed by atoms with Crippen molar-refractivity contribution in [2.75, 3.05) is 12.3 Å². The highest BCUT2D eigenvalue weighted by molar-refractivity contribution is 7.16. The number of fused-ring (bicyclic) bond motifs is 1. The molecule has 1 aromatic carbocycles. The Balaban J connectivity index is 1.99. The Bertz CT molecular complexity index is 871. The van der Waals surface area contributed by atoms with Crippen molar-refractivity contribution in [2.24, 2.45) is 5.73 Å². The number of primary amides is 1. The van der Waals surface area contributed by atoms with E-state index >= 15 is 0 Å². The molecule has 152 valence electrons. The van der Waals surface area contributed by atoms with Gasteiger partial charge in [0, 0.05) is 16.9 Å². The number of anilines is 1. The molecule has 1 atom stereocenters. The van der Waals surface area contributed by atoms with Crippen molar-refractivity contribution in [3.05, 3.63) is 51.9 Å². The summed E-state index contributed by atoms with van der Waals surface area (Å²) in [5.74, 6) is -0.417. The molecule has 1 aliphatic rings. The van der Waals surface area contributed by atoms with Gasteiger partial charge in [-0.25, -0.2) is 0 Å². The van der Waals surface area contributed by atoms with Gasteiger partial charge in [-0.15, -0.1) is 11.3 Å². The summed E-state index contributed by atoms with van der Waals surface area (Å²) >= 11 is 1.51. The number of thiophene rings is 1. The van der Waals surface area contributed by atoms with E-state index in [1.807, 2.05) is 0 Å². The van der Waals surface area contributed by atoms with Crippen molar-refractivity contribution < 1.29 is 9.22 Å². The summed E-state index contributed by atoms with van der Waals surface area (Å²) < 4.78 is 6.71. The van der Waals surface area contributed by atoms with Crippen LogP contribution in [0.1, 0.15) is 53.6 Å². The molecule has 0 saturated heterocycles. The number of nitrogens with two attached hydrogens (primary N) is 2. The van der Waals surface area contributed by atoms with Crippen LogP contribution < -0.4 is 11.5 Å². The minimum atomic E-state index is -1.88. The van der Waals surface area contributed by atoms with E-state index in [0.717, 1.165) is 24.8 Å². The molecule has 0 radical (unpaired) electrons. The summed E-state index contributed by atoms with van der Waals surface area (Å²) in [6.07, 6.45) is 2.56. The first-order chi connectivity index (χ1) is 13.0. The second-order valence-corrected chi connectivity index (χ2v) is 15.4. The number of amides is 1. The van der Waals surface area contributed by atoms with Crippen LogP contribution in [0.15, 0.2) is 30.3 Å². The average molecular weight is 417 g/mol. The van der Waals surface area contributed by atoms with Gasteiger partial charge in [0.1, 0.15) is 0 Å². The van der Waals surface area contributed by atoms with E-state index in [1.54, 1.807) is 0 Å². The second-order valence-electron chi connectivity index (χ2n) is 9.48. The maximum absolute atomic E-state index is 11.9. The van der Waals surface area contributed by atoms with Crippen LogP contribution in [0.5, 0.6) is 0 Å². The second kappa shape index (κ2) is 7.32. The lowest BCUT2D eigenvalue weighted by atomic mass is 9.70. The molecular weight excluding hydrogens is 384 g/mol. The molecule has 4 N–H and O–H groups in total. The minimum Gasteiger partial charge on any atom is -0.416 e. The molecule has 3 rings (SSSR count). The van der Waals surface area contributed by atoms with E-state index in [-0.39, 0.29) is 10.5 Å². The van der Waals surface area contributed by atoms with E-state index in [4.69, 9.17) is 15.9 Å². The molecule has 1 aliphatic carbocycles. The first kappa shape index (κ1) is 21.1. The number of carbonyl (C=O) groups is 1. The minimum absolute atomic E-state index is 0.101. The van der Waals surface area contributed by atoms with Crippen molar-refractivity contribution in [3.8, 4) is 0 Å². The number of hydrogen-bond acceptors (Lipinski definition) is 4. The van der Waals surface area contributed by atoms with Gasteiger partial charge in [0.2, 0.25) is 0 Å². The van der Waals surface area contributed by atoms with E-state index in [2.05, 4.69) is 64.2 Å². The molecule has 1 unspecified atom stereocenters. The first-order valence-electron chi connectivity index (χ1n) is 9.86. The molecule has 0 saturated carbocycles. The summed E-state index contributed by atoms with van der Waals surface area (Å²) in [4.78, 5) is 13.1. The Labute approximate surface area is 173 Å². The summed E-state index contributed by atoms with van der Waals surface area (Å²) in [6, 6.07) is 10.6. The van der Waals surface area contributed by atoms with E-state index in [9.17, 15) is 4.79 Å². The molecule has 0 bridgehead atoms. The third-order valence-corrected chi connectivity index (χ3v) is 12.2. The summed E-state index contributed by atoms with van der Waals surface area (Å²) in [6.45, 7) is 12.1. The van der Waals surface area contributed by atoms with Gasteiger partial charge in [0.25, 0.3) is 5.91 Å². The Hall–Kier alpha value is -1.63. The van der Waals surface area contributed by atoms with Gasteiger partial charge in [-0.1, -0.05) is 51.1 Å². The van der Waals surface area contributed by atoms with Gasteiger partial charge in [-0.05, 0) is 48.5 Å². The number of carbonyl (C=O) groups excluding carboxylic acids is 1. The maximum atomic E-state index is 11.9. The van der Waals surface area contributed by atoms with Crippen molar-refractivity contribution in [1.82, 2.24) is 0 Å². The molecule has 2 aromatic rings. The van der Waals surface area contributed by atoms with Gasteiger partial charge >= 0.3 is 0 Å². The molecular formula is C22H32N2O2SSi. The molecule has 4 nitrogen and oxygen atoms in total. The standard InChI is InChI=1S/C22H32N2O2SSi/c1-21(2,3)28(4,5)26-14-22(15-9-7-6-8-10-15)12-11-16-17(13-22)27-20(24)18(16)19(23)25/h6-10H,11-14,24H2,1-5H3,(H2,23,25). The fourth-order valence-electron chi connectivity index (χ4n) is 3.75. The number of nitrogen functional groups attached to an aromatic ring is 1. The normalized spacial score (nSPS) is 20.0. The van der Waals surface area contributed by atoms with Crippen LogP contribution in [-0.2, 0) is 22.7 Å². The molecule has 0 spiro atoms. The molecule has 0 fully saturated rings. The van der Waals surface area contributed by atoms with Crippen LogP contribution in [0.2, 0.25) is 18.1 Å². The van der Waals surface area contributed by atoms with Crippen LogP contribution >= 0.6 is 11.3 Å². The lowest BCUT2D eigenvalue weighted by molar-refractivity contribution is 0.1000. The predicted molar refractivity (Wildman–Crippen MR) is 121 cm³/mol. The Kier molecular flexibility index (Phi) is 5.51. The molecule has 1 amide bonds. The topological polar surface area (TPSA) is 78.3 Å². The number of hydrogen-bond donors (Lipinski definition) is 2. The van der Waals surface area contributed by atoms with Gasteiger partial charge < -0.3 is 15.9 Å². The van der Waals surface area contributed by atoms with E-state index < -0.39 is 14.2 Å². The highest BCUT2D eigenvalue weighted by Crippen LogP contribution is 2.46. The Morgan fingerprint density at radius 3 is 2.46 bits per heavy atom. The monoisotopic (exact) mass is 416 g/mol. The third-order valence-electron chi connectivity index (χ3n) is 6.62. The maximum Gasteiger partial charge on any atom is 0.251 e. The average Bonchev–Trinajstić information content (AvgIpc) is 2.94. The smallest absolute Gasteiger partial charge is 0.251 e. The van der Waals surface area contributed by atoms with Crippen LogP contribution in [0.3, 0.4) is 0 Å². The SMILES string of the molecule is CC(C)(C)[Si](C)(C)OCC1(c2ccccc2)CCc2c(sc(N)c2C(N)=O)C1. The molecule has 28 heavy (non-hydrogen) atoms.